The van der Waals surface area contributed by atoms with Crippen molar-refractivity contribution in [3.05, 3.63) is 52.3 Å². The lowest BCUT2D eigenvalue weighted by Gasteiger charge is -2.09. The maximum atomic E-state index is 13.1. The molecule has 0 saturated carbocycles. The van der Waals surface area contributed by atoms with E-state index in [1.165, 1.54) is 12.1 Å². The van der Waals surface area contributed by atoms with Crippen molar-refractivity contribution in [2.75, 3.05) is 5.73 Å². The molecule has 0 amide bonds. The first kappa shape index (κ1) is 12.8. The number of benzene rings is 2. The average molecular weight is 318 g/mol. The van der Waals surface area contributed by atoms with Gasteiger partial charge in [-0.15, -0.1) is 0 Å². The molecule has 0 atom stereocenters. The molecule has 2 N–H and O–H groups in total. The lowest BCUT2D eigenvalue weighted by atomic mass is 10.3. The fourth-order valence-electron chi connectivity index (χ4n) is 1.30. The van der Waals surface area contributed by atoms with Gasteiger partial charge in [-0.05, 0) is 28.1 Å². The van der Waals surface area contributed by atoms with E-state index in [-0.39, 0.29) is 21.7 Å². The lowest BCUT2D eigenvalue weighted by molar-refractivity contribution is 0.461. The fraction of sp³-hybridized carbons (Fsp3) is 0. The minimum Gasteiger partial charge on any atom is -0.455 e. The van der Waals surface area contributed by atoms with Crippen molar-refractivity contribution in [3.63, 3.8) is 0 Å². The highest BCUT2D eigenvalue weighted by Crippen LogP contribution is 2.32. The van der Waals surface area contributed by atoms with Crippen LogP contribution in [0.1, 0.15) is 0 Å². The first-order chi connectivity index (χ1) is 8.47. The number of halogens is 4. The molecule has 2 nitrogen and oxygen atoms in total. The van der Waals surface area contributed by atoms with Gasteiger partial charge in [0.15, 0.2) is 17.4 Å². The SMILES string of the molecule is Nc1cc(F)c(Br)cc1Oc1ccc(F)c(F)c1. The van der Waals surface area contributed by atoms with E-state index >= 15 is 0 Å². The van der Waals surface area contributed by atoms with Crippen LogP contribution in [0.2, 0.25) is 0 Å². The standard InChI is InChI=1S/C12H7BrF3NO/c13-7-4-12(11(17)5-9(7)15)18-6-1-2-8(14)10(16)3-6/h1-5H,17H2. The van der Waals surface area contributed by atoms with Gasteiger partial charge in [-0.3, -0.25) is 0 Å². The quantitative estimate of drug-likeness (QED) is 0.841. The molecule has 18 heavy (non-hydrogen) atoms. The summed E-state index contributed by atoms with van der Waals surface area (Å²) >= 11 is 2.98. The largest absolute Gasteiger partial charge is 0.455 e. The van der Waals surface area contributed by atoms with Crippen LogP contribution in [0, 0.1) is 17.5 Å². The van der Waals surface area contributed by atoms with Gasteiger partial charge in [0, 0.05) is 18.2 Å². The molecule has 2 rings (SSSR count). The molecule has 0 aromatic heterocycles. The summed E-state index contributed by atoms with van der Waals surface area (Å²) in [5, 5.41) is 0. The molecule has 0 unspecified atom stereocenters. The summed E-state index contributed by atoms with van der Waals surface area (Å²) < 4.78 is 44.2. The molecule has 2 aromatic rings. The lowest BCUT2D eigenvalue weighted by Crippen LogP contribution is -1.95. The highest BCUT2D eigenvalue weighted by Gasteiger charge is 2.09. The zero-order valence-electron chi connectivity index (χ0n) is 8.88. The predicted molar refractivity (Wildman–Crippen MR) is 64.9 cm³/mol. The topological polar surface area (TPSA) is 35.2 Å². The van der Waals surface area contributed by atoms with Crippen molar-refractivity contribution in [2.24, 2.45) is 0 Å². The van der Waals surface area contributed by atoms with Gasteiger partial charge in [0.25, 0.3) is 0 Å². The van der Waals surface area contributed by atoms with Crippen molar-refractivity contribution in [2.45, 2.75) is 0 Å². The molecule has 0 spiro atoms. The molecule has 0 aliphatic carbocycles. The van der Waals surface area contributed by atoms with E-state index in [1.54, 1.807) is 0 Å². The summed E-state index contributed by atoms with van der Waals surface area (Å²) in [4.78, 5) is 0. The molecule has 0 bridgehead atoms. The third-order valence-electron chi connectivity index (χ3n) is 2.17. The van der Waals surface area contributed by atoms with Crippen LogP contribution in [0.25, 0.3) is 0 Å². The number of anilines is 1. The van der Waals surface area contributed by atoms with Gasteiger partial charge in [0.1, 0.15) is 11.6 Å². The molecule has 0 saturated heterocycles. The maximum absolute atomic E-state index is 13.1. The number of hydrogen-bond donors (Lipinski definition) is 1. The number of nitrogen functional groups attached to an aromatic ring is 1. The normalized spacial score (nSPS) is 10.4. The Bertz CT molecular complexity index is 604. The molecule has 0 fully saturated rings. The fourth-order valence-corrected chi connectivity index (χ4v) is 1.62. The van der Waals surface area contributed by atoms with Gasteiger partial charge in [-0.1, -0.05) is 0 Å². The Hall–Kier alpha value is -1.69. The minimum atomic E-state index is -1.03. The summed E-state index contributed by atoms with van der Waals surface area (Å²) in [6.45, 7) is 0. The second-order valence-corrected chi connectivity index (χ2v) is 4.34. The van der Waals surface area contributed by atoms with Crippen LogP contribution in [0.4, 0.5) is 18.9 Å². The summed E-state index contributed by atoms with van der Waals surface area (Å²) in [6.07, 6.45) is 0. The molecular weight excluding hydrogens is 311 g/mol. The van der Waals surface area contributed by atoms with Crippen LogP contribution in [0.5, 0.6) is 11.5 Å². The smallest absolute Gasteiger partial charge is 0.162 e. The first-order valence-corrected chi connectivity index (χ1v) is 5.64. The molecule has 0 aliphatic heterocycles. The minimum absolute atomic E-state index is 0.0560. The molecule has 0 aliphatic rings. The maximum Gasteiger partial charge on any atom is 0.162 e. The van der Waals surface area contributed by atoms with E-state index in [1.807, 2.05) is 0 Å². The van der Waals surface area contributed by atoms with Crippen LogP contribution in [0.3, 0.4) is 0 Å². The first-order valence-electron chi connectivity index (χ1n) is 4.85. The van der Waals surface area contributed by atoms with E-state index in [9.17, 15) is 13.2 Å². The van der Waals surface area contributed by atoms with Gasteiger partial charge in [-0.2, -0.15) is 0 Å². The van der Waals surface area contributed by atoms with Crippen molar-refractivity contribution >= 4 is 21.6 Å². The number of ether oxygens (including phenoxy) is 1. The molecule has 0 radical (unpaired) electrons. The summed E-state index contributed by atoms with van der Waals surface area (Å²) in [5.41, 5.74) is 5.61. The van der Waals surface area contributed by atoms with Crippen LogP contribution in [-0.2, 0) is 0 Å². The Morgan fingerprint density at radius 2 is 1.67 bits per heavy atom. The third-order valence-corrected chi connectivity index (χ3v) is 2.78. The monoisotopic (exact) mass is 317 g/mol. The Balaban J connectivity index is 2.34. The molecule has 6 heteroatoms. The van der Waals surface area contributed by atoms with E-state index in [2.05, 4.69) is 15.9 Å². The number of rotatable bonds is 2. The van der Waals surface area contributed by atoms with Gasteiger partial charge in [0.2, 0.25) is 0 Å². The Morgan fingerprint density at radius 1 is 0.944 bits per heavy atom. The Kier molecular flexibility index (Phi) is 3.47. The van der Waals surface area contributed by atoms with Crippen LogP contribution in [0.15, 0.2) is 34.8 Å². The van der Waals surface area contributed by atoms with Gasteiger partial charge >= 0.3 is 0 Å². The highest BCUT2D eigenvalue weighted by molar-refractivity contribution is 9.10. The molecular formula is C12H7BrF3NO. The zero-order chi connectivity index (χ0) is 13.3. The summed E-state index contributed by atoms with van der Waals surface area (Å²) in [7, 11) is 0. The van der Waals surface area contributed by atoms with E-state index < -0.39 is 17.5 Å². The second kappa shape index (κ2) is 4.89. The predicted octanol–water partition coefficient (Wildman–Crippen LogP) is 4.24. The third kappa shape index (κ3) is 2.59. The van der Waals surface area contributed by atoms with Crippen LogP contribution < -0.4 is 10.5 Å². The van der Waals surface area contributed by atoms with Crippen molar-refractivity contribution < 1.29 is 17.9 Å². The highest BCUT2D eigenvalue weighted by atomic mass is 79.9. The van der Waals surface area contributed by atoms with Crippen molar-refractivity contribution in [1.29, 1.82) is 0 Å². The van der Waals surface area contributed by atoms with Crippen molar-refractivity contribution in [3.8, 4) is 11.5 Å². The Morgan fingerprint density at radius 3 is 2.33 bits per heavy atom. The van der Waals surface area contributed by atoms with Crippen LogP contribution >= 0.6 is 15.9 Å². The summed E-state index contributed by atoms with van der Waals surface area (Å²) in [5.74, 6) is -2.33. The molecule has 0 heterocycles. The molecule has 94 valence electrons. The average Bonchev–Trinajstić information content (AvgIpc) is 2.31. The van der Waals surface area contributed by atoms with Crippen LogP contribution in [-0.4, -0.2) is 0 Å². The molecule has 2 aromatic carbocycles. The van der Waals surface area contributed by atoms with Gasteiger partial charge < -0.3 is 10.5 Å². The number of hydrogen-bond acceptors (Lipinski definition) is 2. The number of nitrogens with two attached hydrogens (primary N) is 1. The summed E-state index contributed by atoms with van der Waals surface area (Å²) in [6, 6.07) is 5.44. The second-order valence-electron chi connectivity index (χ2n) is 3.48. The van der Waals surface area contributed by atoms with Gasteiger partial charge in [0.05, 0.1) is 10.2 Å². The Labute approximate surface area is 109 Å². The van der Waals surface area contributed by atoms with Crippen molar-refractivity contribution in [1.82, 2.24) is 0 Å². The van der Waals surface area contributed by atoms with Gasteiger partial charge in [-0.25, -0.2) is 13.2 Å². The zero-order valence-corrected chi connectivity index (χ0v) is 10.5. The van der Waals surface area contributed by atoms with E-state index in [0.29, 0.717) is 0 Å². The van der Waals surface area contributed by atoms with E-state index in [4.69, 9.17) is 10.5 Å². The van der Waals surface area contributed by atoms with E-state index in [0.717, 1.165) is 18.2 Å².